The summed E-state index contributed by atoms with van der Waals surface area (Å²) >= 11 is 0. The Hall–Kier alpha value is -2.08. The zero-order valence-electron chi connectivity index (χ0n) is 10.8. The van der Waals surface area contributed by atoms with Crippen molar-refractivity contribution in [1.82, 2.24) is 10.6 Å². The molecule has 0 fully saturated rings. The molecule has 19 heavy (non-hydrogen) atoms. The third kappa shape index (κ3) is 4.59. The Morgan fingerprint density at radius 3 is 2.37 bits per heavy atom. The molecule has 1 aromatic rings. The molecule has 0 spiro atoms. The standard InChI is InChI=1S/C13H19N3O3/c1-2-10(8-17)15-12(18)11(16-13(14)19)9-6-4-3-5-7-9/h3-7,10-11,17H,2,8H2,1H3,(H,15,18)(H3,14,16,19)/t10-,11?/m0/s1. The van der Waals surface area contributed by atoms with Crippen LogP contribution in [0.1, 0.15) is 24.9 Å². The van der Waals surface area contributed by atoms with Gasteiger partial charge in [-0.3, -0.25) is 4.79 Å². The molecular weight excluding hydrogens is 246 g/mol. The van der Waals surface area contributed by atoms with E-state index in [1.807, 2.05) is 13.0 Å². The molecule has 0 aliphatic carbocycles. The lowest BCUT2D eigenvalue weighted by Crippen LogP contribution is -2.46. The maximum Gasteiger partial charge on any atom is 0.313 e. The Morgan fingerprint density at radius 1 is 1.26 bits per heavy atom. The van der Waals surface area contributed by atoms with Gasteiger partial charge in [-0.05, 0) is 12.0 Å². The van der Waals surface area contributed by atoms with Gasteiger partial charge in [-0.15, -0.1) is 0 Å². The van der Waals surface area contributed by atoms with E-state index >= 15 is 0 Å². The van der Waals surface area contributed by atoms with Crippen molar-refractivity contribution in [2.45, 2.75) is 25.4 Å². The average Bonchev–Trinajstić information content (AvgIpc) is 2.42. The van der Waals surface area contributed by atoms with Gasteiger partial charge >= 0.3 is 6.03 Å². The minimum Gasteiger partial charge on any atom is -0.394 e. The summed E-state index contributed by atoms with van der Waals surface area (Å²) in [6.45, 7) is 1.69. The summed E-state index contributed by atoms with van der Waals surface area (Å²) in [5.74, 6) is -0.397. The second-order valence-electron chi connectivity index (χ2n) is 4.15. The van der Waals surface area contributed by atoms with Gasteiger partial charge in [0.15, 0.2) is 0 Å². The van der Waals surface area contributed by atoms with E-state index in [2.05, 4.69) is 10.6 Å². The molecule has 1 unspecified atom stereocenters. The van der Waals surface area contributed by atoms with Gasteiger partial charge in [0.05, 0.1) is 12.6 Å². The predicted octanol–water partition coefficient (Wildman–Crippen LogP) is 0.283. The van der Waals surface area contributed by atoms with Gasteiger partial charge in [-0.2, -0.15) is 0 Å². The van der Waals surface area contributed by atoms with Crippen molar-refractivity contribution in [3.63, 3.8) is 0 Å². The van der Waals surface area contributed by atoms with Crippen LogP contribution in [0.2, 0.25) is 0 Å². The molecule has 0 saturated heterocycles. The van der Waals surface area contributed by atoms with Crippen molar-refractivity contribution in [1.29, 1.82) is 0 Å². The SMILES string of the molecule is CC[C@@H](CO)NC(=O)C(NC(N)=O)c1ccccc1. The minimum atomic E-state index is -0.862. The van der Waals surface area contributed by atoms with E-state index in [0.29, 0.717) is 12.0 Å². The number of hydrogen-bond acceptors (Lipinski definition) is 3. The number of benzene rings is 1. The Labute approximate surface area is 112 Å². The molecule has 0 radical (unpaired) electrons. The van der Waals surface area contributed by atoms with E-state index in [1.165, 1.54) is 0 Å². The second-order valence-corrected chi connectivity index (χ2v) is 4.15. The van der Waals surface area contributed by atoms with Gasteiger partial charge < -0.3 is 21.5 Å². The number of nitrogens with one attached hydrogen (secondary N) is 2. The zero-order chi connectivity index (χ0) is 14.3. The summed E-state index contributed by atoms with van der Waals surface area (Å²) in [5.41, 5.74) is 5.72. The number of rotatable bonds is 6. The van der Waals surface area contributed by atoms with Crippen LogP contribution in [0.25, 0.3) is 0 Å². The normalized spacial score (nSPS) is 13.4. The number of carbonyl (C=O) groups excluding carboxylic acids is 2. The van der Waals surface area contributed by atoms with Crippen molar-refractivity contribution in [2.24, 2.45) is 5.73 Å². The molecule has 1 aromatic carbocycles. The first-order valence-corrected chi connectivity index (χ1v) is 6.10. The molecule has 0 aliphatic rings. The zero-order valence-corrected chi connectivity index (χ0v) is 10.8. The number of urea groups is 1. The Morgan fingerprint density at radius 2 is 1.89 bits per heavy atom. The fraction of sp³-hybridized carbons (Fsp3) is 0.385. The van der Waals surface area contributed by atoms with Crippen LogP contribution < -0.4 is 16.4 Å². The Balaban J connectivity index is 2.85. The van der Waals surface area contributed by atoms with Gasteiger partial charge in [0, 0.05) is 0 Å². The summed E-state index contributed by atoms with van der Waals surface area (Å²) < 4.78 is 0. The quantitative estimate of drug-likeness (QED) is 0.594. The van der Waals surface area contributed by atoms with Crippen molar-refractivity contribution in [3.05, 3.63) is 35.9 Å². The van der Waals surface area contributed by atoms with Crippen LogP contribution in [0.3, 0.4) is 0 Å². The van der Waals surface area contributed by atoms with Gasteiger partial charge in [0.1, 0.15) is 6.04 Å². The highest BCUT2D eigenvalue weighted by Crippen LogP contribution is 2.13. The fourth-order valence-electron chi connectivity index (χ4n) is 1.65. The molecule has 1 rings (SSSR count). The number of aliphatic hydroxyl groups excluding tert-OH is 1. The van der Waals surface area contributed by atoms with E-state index in [-0.39, 0.29) is 12.6 Å². The molecule has 0 aliphatic heterocycles. The fourth-order valence-corrected chi connectivity index (χ4v) is 1.65. The summed E-state index contributed by atoms with van der Waals surface area (Å²) in [6, 6.07) is 6.81. The van der Waals surface area contributed by atoms with Gasteiger partial charge in [0.25, 0.3) is 0 Å². The first-order chi connectivity index (χ1) is 9.08. The summed E-state index contributed by atoms with van der Waals surface area (Å²) in [6.07, 6.45) is 0.598. The van der Waals surface area contributed by atoms with E-state index in [9.17, 15) is 9.59 Å². The Bertz CT molecular complexity index is 418. The molecule has 6 nitrogen and oxygen atoms in total. The average molecular weight is 265 g/mol. The molecule has 104 valence electrons. The highest BCUT2D eigenvalue weighted by atomic mass is 16.3. The lowest BCUT2D eigenvalue weighted by molar-refractivity contribution is -0.124. The Kier molecular flexibility index (Phi) is 5.81. The lowest BCUT2D eigenvalue weighted by Gasteiger charge is -2.21. The van der Waals surface area contributed by atoms with Gasteiger partial charge in [-0.1, -0.05) is 37.3 Å². The van der Waals surface area contributed by atoms with Crippen molar-refractivity contribution >= 4 is 11.9 Å². The minimum absolute atomic E-state index is 0.152. The van der Waals surface area contributed by atoms with Crippen LogP contribution in [0.4, 0.5) is 4.79 Å². The largest absolute Gasteiger partial charge is 0.394 e. The summed E-state index contributed by atoms with van der Waals surface area (Å²) in [5, 5.41) is 14.1. The topological polar surface area (TPSA) is 104 Å². The van der Waals surface area contributed by atoms with E-state index < -0.39 is 18.0 Å². The van der Waals surface area contributed by atoms with Gasteiger partial charge in [-0.25, -0.2) is 4.79 Å². The number of carbonyl (C=O) groups is 2. The van der Waals surface area contributed by atoms with Crippen LogP contribution in [-0.2, 0) is 4.79 Å². The second kappa shape index (κ2) is 7.38. The monoisotopic (exact) mass is 265 g/mol. The van der Waals surface area contributed by atoms with Crippen LogP contribution in [0.15, 0.2) is 30.3 Å². The number of amides is 3. The summed E-state index contributed by atoms with van der Waals surface area (Å²) in [4.78, 5) is 23.1. The molecule has 0 saturated carbocycles. The highest BCUT2D eigenvalue weighted by molar-refractivity contribution is 5.87. The molecule has 2 atom stereocenters. The highest BCUT2D eigenvalue weighted by Gasteiger charge is 2.23. The smallest absolute Gasteiger partial charge is 0.313 e. The van der Waals surface area contributed by atoms with E-state index in [0.717, 1.165) is 0 Å². The number of hydrogen-bond donors (Lipinski definition) is 4. The lowest BCUT2D eigenvalue weighted by atomic mass is 10.1. The molecule has 0 aromatic heterocycles. The van der Waals surface area contributed by atoms with E-state index in [1.54, 1.807) is 24.3 Å². The van der Waals surface area contributed by atoms with Crippen LogP contribution in [0.5, 0.6) is 0 Å². The first-order valence-electron chi connectivity index (χ1n) is 6.10. The van der Waals surface area contributed by atoms with Crippen LogP contribution in [-0.4, -0.2) is 29.7 Å². The summed E-state index contributed by atoms with van der Waals surface area (Å²) in [7, 11) is 0. The van der Waals surface area contributed by atoms with Crippen molar-refractivity contribution < 1.29 is 14.7 Å². The maximum absolute atomic E-state index is 12.1. The first kappa shape index (κ1) is 15.0. The molecule has 0 heterocycles. The number of aliphatic hydroxyl groups is 1. The third-order valence-electron chi connectivity index (χ3n) is 2.74. The molecular formula is C13H19N3O3. The maximum atomic E-state index is 12.1. The molecule has 3 amide bonds. The molecule has 0 bridgehead atoms. The van der Waals surface area contributed by atoms with Crippen molar-refractivity contribution in [3.8, 4) is 0 Å². The number of nitrogens with two attached hydrogens (primary N) is 1. The van der Waals surface area contributed by atoms with Crippen molar-refractivity contribution in [2.75, 3.05) is 6.61 Å². The number of primary amides is 1. The predicted molar refractivity (Wildman–Crippen MR) is 71.2 cm³/mol. The van der Waals surface area contributed by atoms with Gasteiger partial charge in [0.2, 0.25) is 5.91 Å². The van der Waals surface area contributed by atoms with Crippen LogP contribution >= 0.6 is 0 Å². The van der Waals surface area contributed by atoms with Crippen LogP contribution in [0, 0.1) is 0 Å². The molecule has 5 N–H and O–H groups in total. The van der Waals surface area contributed by atoms with E-state index in [4.69, 9.17) is 10.8 Å². The molecule has 6 heteroatoms. The third-order valence-corrected chi connectivity index (χ3v) is 2.74.